The van der Waals surface area contributed by atoms with Gasteiger partial charge < -0.3 is 15.0 Å². The summed E-state index contributed by atoms with van der Waals surface area (Å²) in [4.78, 5) is 24.8. The second-order valence-corrected chi connectivity index (χ2v) is 7.90. The summed E-state index contributed by atoms with van der Waals surface area (Å²) in [5, 5.41) is 14.2. The topological polar surface area (TPSA) is 84.7 Å². The van der Waals surface area contributed by atoms with Crippen LogP contribution in [0.2, 0.25) is 0 Å². The highest BCUT2D eigenvalue weighted by Gasteiger charge is 2.35. The van der Waals surface area contributed by atoms with Crippen molar-refractivity contribution in [2.24, 2.45) is 5.92 Å². The lowest BCUT2D eigenvalue weighted by molar-refractivity contribution is -0.384. The molecule has 0 unspecified atom stereocenters. The number of amides is 1. The summed E-state index contributed by atoms with van der Waals surface area (Å²) < 4.78 is 44.3. The van der Waals surface area contributed by atoms with Gasteiger partial charge in [-0.1, -0.05) is 0 Å². The van der Waals surface area contributed by atoms with E-state index < -0.39 is 22.4 Å². The normalized spacial score (nSPS) is 15.0. The van der Waals surface area contributed by atoms with E-state index in [2.05, 4.69) is 5.32 Å². The number of hydrogen-bond acceptors (Lipinski definition) is 5. The Bertz CT molecular complexity index is 969. The monoisotopic (exact) mass is 451 g/mol. The molecule has 0 radical (unpaired) electrons. The molecule has 2 aromatic carbocycles. The smallest absolute Gasteiger partial charge is 0.416 e. The Morgan fingerprint density at radius 2 is 1.78 bits per heavy atom. The third kappa shape index (κ3) is 5.68. The maximum Gasteiger partial charge on any atom is 0.416 e. The molecule has 0 bridgehead atoms. The molecule has 0 spiro atoms. The van der Waals surface area contributed by atoms with Crippen molar-refractivity contribution < 1.29 is 27.6 Å². The van der Waals surface area contributed by atoms with Gasteiger partial charge in [-0.2, -0.15) is 13.2 Å². The maximum absolute atomic E-state index is 12.9. The minimum atomic E-state index is -4.66. The van der Waals surface area contributed by atoms with E-state index in [1.54, 1.807) is 29.2 Å². The van der Waals surface area contributed by atoms with Gasteiger partial charge in [0.05, 0.1) is 16.6 Å². The molecular weight excluding hydrogens is 427 g/mol. The highest BCUT2D eigenvalue weighted by Crippen LogP contribution is 2.37. The van der Waals surface area contributed by atoms with E-state index in [1.165, 1.54) is 0 Å². The Labute approximate surface area is 183 Å². The number of benzene rings is 2. The minimum absolute atomic E-state index is 0.0427. The third-order valence-corrected chi connectivity index (χ3v) is 5.20. The number of nitro groups is 1. The zero-order chi connectivity index (χ0) is 23.5. The fraction of sp³-hybridized carbons (Fsp3) is 0.409. The van der Waals surface area contributed by atoms with Crippen molar-refractivity contribution in [1.82, 2.24) is 0 Å². The van der Waals surface area contributed by atoms with Crippen molar-refractivity contribution in [2.45, 2.75) is 39.0 Å². The van der Waals surface area contributed by atoms with E-state index in [0.29, 0.717) is 43.4 Å². The van der Waals surface area contributed by atoms with Crippen LogP contribution in [0.1, 0.15) is 32.3 Å². The predicted molar refractivity (Wildman–Crippen MR) is 114 cm³/mol. The van der Waals surface area contributed by atoms with Gasteiger partial charge in [0.15, 0.2) is 0 Å². The first-order chi connectivity index (χ1) is 15.0. The number of anilines is 2. The van der Waals surface area contributed by atoms with Gasteiger partial charge in [-0.25, -0.2) is 0 Å². The minimum Gasteiger partial charge on any atom is -0.491 e. The average Bonchev–Trinajstić information content (AvgIpc) is 2.73. The van der Waals surface area contributed by atoms with Crippen molar-refractivity contribution >= 4 is 23.0 Å². The van der Waals surface area contributed by atoms with Crippen LogP contribution in [0.15, 0.2) is 42.5 Å². The number of nitrogens with one attached hydrogen (secondary N) is 1. The number of nitro benzene ring substituents is 1. The molecule has 0 aliphatic carbocycles. The number of nitrogens with zero attached hydrogens (tertiary/aromatic N) is 2. The standard InChI is InChI=1S/C22H24F3N3O4/c1-14(2)32-18-6-4-17(5-7-18)26-21(29)15-9-11-27(12-10-15)19-8-3-16(22(23,24)25)13-20(19)28(30)31/h3-8,13-15H,9-12H2,1-2H3,(H,26,29). The zero-order valence-corrected chi connectivity index (χ0v) is 17.7. The molecule has 172 valence electrons. The molecule has 1 heterocycles. The number of halogens is 3. The van der Waals surface area contributed by atoms with E-state index in [0.717, 1.165) is 12.1 Å². The number of ether oxygens (including phenoxy) is 1. The van der Waals surface area contributed by atoms with Gasteiger partial charge in [-0.3, -0.25) is 14.9 Å². The van der Waals surface area contributed by atoms with Gasteiger partial charge in [0.2, 0.25) is 5.91 Å². The number of alkyl halides is 3. The van der Waals surface area contributed by atoms with Gasteiger partial charge in [0, 0.05) is 30.8 Å². The van der Waals surface area contributed by atoms with Crippen LogP contribution in [0, 0.1) is 16.0 Å². The van der Waals surface area contributed by atoms with Crippen molar-refractivity contribution in [3.05, 3.63) is 58.1 Å². The summed E-state index contributed by atoms with van der Waals surface area (Å²) in [7, 11) is 0. The lowest BCUT2D eigenvalue weighted by Crippen LogP contribution is -2.38. The molecule has 10 heteroatoms. The Hall–Kier alpha value is -3.30. The molecule has 0 aromatic heterocycles. The van der Waals surface area contributed by atoms with E-state index >= 15 is 0 Å². The van der Waals surface area contributed by atoms with Crippen LogP contribution in [0.25, 0.3) is 0 Å². The first kappa shape index (κ1) is 23.4. The van der Waals surface area contributed by atoms with Crippen molar-refractivity contribution in [3.8, 4) is 5.75 Å². The van der Waals surface area contributed by atoms with Gasteiger partial charge in [0.25, 0.3) is 5.69 Å². The lowest BCUT2D eigenvalue weighted by Gasteiger charge is -2.32. The largest absolute Gasteiger partial charge is 0.491 e. The maximum atomic E-state index is 12.9. The SMILES string of the molecule is CC(C)Oc1ccc(NC(=O)C2CCN(c3ccc(C(F)(F)F)cc3[N+](=O)[O-])CC2)cc1. The third-order valence-electron chi connectivity index (χ3n) is 5.20. The van der Waals surface area contributed by atoms with Crippen LogP contribution in [0.5, 0.6) is 5.75 Å². The molecule has 0 atom stereocenters. The van der Waals surface area contributed by atoms with Crippen LogP contribution in [-0.4, -0.2) is 30.0 Å². The summed E-state index contributed by atoms with van der Waals surface area (Å²) in [5.74, 6) is 0.236. The van der Waals surface area contributed by atoms with Crippen LogP contribution in [-0.2, 0) is 11.0 Å². The quantitative estimate of drug-likeness (QED) is 0.479. The summed E-state index contributed by atoms with van der Waals surface area (Å²) in [6, 6.07) is 9.55. The number of rotatable bonds is 6. The van der Waals surface area contributed by atoms with Gasteiger partial charge >= 0.3 is 6.18 Å². The summed E-state index contributed by atoms with van der Waals surface area (Å²) >= 11 is 0. The fourth-order valence-corrected chi connectivity index (χ4v) is 3.63. The lowest BCUT2D eigenvalue weighted by atomic mass is 9.95. The number of hydrogen-bond donors (Lipinski definition) is 1. The van der Waals surface area contributed by atoms with Gasteiger partial charge in [-0.05, 0) is 63.1 Å². The highest BCUT2D eigenvalue weighted by atomic mass is 19.4. The second kappa shape index (κ2) is 9.46. The fourth-order valence-electron chi connectivity index (χ4n) is 3.63. The van der Waals surface area contributed by atoms with Crippen LogP contribution in [0.4, 0.5) is 30.2 Å². The van der Waals surface area contributed by atoms with E-state index in [-0.39, 0.29) is 23.6 Å². The van der Waals surface area contributed by atoms with Crippen LogP contribution < -0.4 is 15.0 Å². The number of carbonyl (C=O) groups excluding carboxylic acids is 1. The van der Waals surface area contributed by atoms with Crippen LogP contribution >= 0.6 is 0 Å². The molecule has 1 amide bonds. The second-order valence-electron chi connectivity index (χ2n) is 7.90. The van der Waals surface area contributed by atoms with Gasteiger partial charge in [0.1, 0.15) is 11.4 Å². The van der Waals surface area contributed by atoms with Crippen molar-refractivity contribution in [1.29, 1.82) is 0 Å². The Morgan fingerprint density at radius 3 is 2.31 bits per heavy atom. The first-order valence-electron chi connectivity index (χ1n) is 10.2. The molecular formula is C22H24F3N3O4. The zero-order valence-electron chi connectivity index (χ0n) is 17.7. The Morgan fingerprint density at radius 1 is 1.16 bits per heavy atom. The van der Waals surface area contributed by atoms with Gasteiger partial charge in [-0.15, -0.1) is 0 Å². The Kier molecular flexibility index (Phi) is 6.90. The first-order valence-corrected chi connectivity index (χ1v) is 10.2. The Balaban J connectivity index is 1.62. The molecule has 1 N–H and O–H groups in total. The summed E-state index contributed by atoms with van der Waals surface area (Å²) in [6.07, 6.45) is -3.76. The van der Waals surface area contributed by atoms with Crippen LogP contribution in [0.3, 0.4) is 0 Å². The summed E-state index contributed by atoms with van der Waals surface area (Å²) in [6.45, 7) is 4.49. The molecule has 1 fully saturated rings. The van der Waals surface area contributed by atoms with E-state index in [9.17, 15) is 28.1 Å². The molecule has 1 aliphatic heterocycles. The molecule has 32 heavy (non-hydrogen) atoms. The number of piperidine rings is 1. The molecule has 7 nitrogen and oxygen atoms in total. The molecule has 0 saturated carbocycles. The summed E-state index contributed by atoms with van der Waals surface area (Å²) in [5.41, 5.74) is -0.895. The van der Waals surface area contributed by atoms with Crippen molar-refractivity contribution in [3.63, 3.8) is 0 Å². The van der Waals surface area contributed by atoms with E-state index in [4.69, 9.17) is 4.74 Å². The van der Waals surface area contributed by atoms with Crippen molar-refractivity contribution in [2.75, 3.05) is 23.3 Å². The molecule has 2 aromatic rings. The van der Waals surface area contributed by atoms with E-state index in [1.807, 2.05) is 13.8 Å². The molecule has 3 rings (SSSR count). The average molecular weight is 451 g/mol. The highest BCUT2D eigenvalue weighted by molar-refractivity contribution is 5.92. The molecule has 1 aliphatic rings. The molecule has 1 saturated heterocycles. The number of carbonyl (C=O) groups is 1. The predicted octanol–water partition coefficient (Wildman–Crippen LogP) is 5.26.